The van der Waals surface area contributed by atoms with Crippen LogP contribution in [0.15, 0.2) is 30.3 Å². The van der Waals surface area contributed by atoms with E-state index >= 15 is 0 Å². The third kappa shape index (κ3) is 3.81. The van der Waals surface area contributed by atoms with Crippen molar-refractivity contribution in [1.82, 2.24) is 0 Å². The van der Waals surface area contributed by atoms with Gasteiger partial charge in [0.1, 0.15) is 0 Å². The average molecular weight is 393 g/mol. The lowest BCUT2D eigenvalue weighted by molar-refractivity contribution is -0.348. The van der Waals surface area contributed by atoms with Crippen molar-refractivity contribution in [2.75, 3.05) is 7.11 Å². The summed E-state index contributed by atoms with van der Waals surface area (Å²) in [5, 5.41) is 0. The summed E-state index contributed by atoms with van der Waals surface area (Å²) in [7, 11) is 1.23. The summed E-state index contributed by atoms with van der Waals surface area (Å²) in [6.07, 6.45) is -12.4. The van der Waals surface area contributed by atoms with Gasteiger partial charge in [-0.25, -0.2) is 4.39 Å². The predicted octanol–water partition coefficient (Wildman–Crippen LogP) is 6.21. The highest BCUT2D eigenvalue weighted by molar-refractivity contribution is 5.73. The van der Waals surface area contributed by atoms with E-state index < -0.39 is 29.1 Å². The van der Waals surface area contributed by atoms with E-state index in [1.54, 1.807) is 6.92 Å². The summed E-state index contributed by atoms with van der Waals surface area (Å²) in [4.78, 5) is 0. The van der Waals surface area contributed by atoms with Crippen LogP contribution in [-0.4, -0.2) is 19.5 Å². The van der Waals surface area contributed by atoms with E-state index in [1.807, 2.05) is 0 Å². The summed E-state index contributed by atoms with van der Waals surface area (Å²) in [6, 6.07) is 8.91. The van der Waals surface area contributed by atoms with Crippen molar-refractivity contribution in [2.24, 2.45) is 0 Å². The Morgan fingerprint density at radius 1 is 0.889 bits per heavy atom. The van der Waals surface area contributed by atoms with Crippen molar-refractivity contribution < 1.29 is 35.5 Å². The van der Waals surface area contributed by atoms with Gasteiger partial charge < -0.3 is 4.74 Å². The molecule has 0 aliphatic carbocycles. The smallest absolute Gasteiger partial charge is 0.380 e. The third-order valence-electron chi connectivity index (χ3n) is 4.06. The first-order chi connectivity index (χ1) is 12.3. The molecule has 147 valence electrons. The molecule has 0 fully saturated rings. The fourth-order valence-corrected chi connectivity index (χ4v) is 2.83. The maximum atomic E-state index is 14.9. The maximum Gasteiger partial charge on any atom is 0.435 e. The Kier molecular flexibility index (Phi) is 5.61. The molecule has 0 saturated carbocycles. The van der Waals surface area contributed by atoms with E-state index in [4.69, 9.17) is 4.74 Å². The van der Waals surface area contributed by atoms with Crippen LogP contribution >= 0.6 is 0 Å². The second-order valence-corrected chi connectivity index (χ2v) is 6.17. The van der Waals surface area contributed by atoms with E-state index in [9.17, 15) is 30.7 Å². The fraction of sp³-hybridized carbons (Fsp3) is 0.368. The molecule has 0 bridgehead atoms. The van der Waals surface area contributed by atoms with E-state index in [-0.39, 0.29) is 23.3 Å². The van der Waals surface area contributed by atoms with Gasteiger partial charge in [-0.1, -0.05) is 35.9 Å². The van der Waals surface area contributed by atoms with Crippen molar-refractivity contribution >= 4 is 0 Å². The second-order valence-electron chi connectivity index (χ2n) is 6.17. The van der Waals surface area contributed by atoms with Gasteiger partial charge in [-0.05, 0) is 42.2 Å². The largest absolute Gasteiger partial charge is 0.435 e. The highest BCUT2D eigenvalue weighted by Crippen LogP contribution is 2.55. The minimum absolute atomic E-state index is 0.00873. The molecular formula is C19H16F7O. The van der Waals surface area contributed by atoms with Gasteiger partial charge in [-0.2, -0.15) is 26.3 Å². The van der Waals surface area contributed by atoms with Crippen LogP contribution in [-0.2, 0) is 17.0 Å². The third-order valence-corrected chi connectivity index (χ3v) is 4.06. The van der Waals surface area contributed by atoms with Crippen LogP contribution in [0.1, 0.15) is 22.3 Å². The quantitative estimate of drug-likeness (QED) is 0.562. The zero-order chi connectivity index (χ0) is 20.6. The zero-order valence-corrected chi connectivity index (χ0v) is 14.6. The molecule has 0 amide bonds. The summed E-state index contributed by atoms with van der Waals surface area (Å²) < 4.78 is 99.9. The fourth-order valence-electron chi connectivity index (χ4n) is 2.83. The van der Waals surface area contributed by atoms with Crippen LogP contribution < -0.4 is 0 Å². The van der Waals surface area contributed by atoms with Crippen LogP contribution in [0.3, 0.4) is 0 Å². The van der Waals surface area contributed by atoms with Gasteiger partial charge in [0.25, 0.3) is 0 Å². The molecule has 0 saturated heterocycles. The molecule has 27 heavy (non-hydrogen) atoms. The number of benzene rings is 2. The Hall–Kier alpha value is -2.09. The lowest BCUT2D eigenvalue weighted by Gasteiger charge is -2.33. The van der Waals surface area contributed by atoms with Gasteiger partial charge in [0.2, 0.25) is 0 Å². The first kappa shape index (κ1) is 21.2. The molecule has 1 nitrogen and oxygen atoms in total. The molecule has 8 heteroatoms. The Labute approximate surface area is 151 Å². The number of hydrogen-bond donors (Lipinski definition) is 0. The van der Waals surface area contributed by atoms with Gasteiger partial charge in [0.05, 0.1) is 6.61 Å². The second kappa shape index (κ2) is 7.14. The topological polar surface area (TPSA) is 9.23 Å². The molecule has 0 aliphatic heterocycles. The number of hydrogen-bond acceptors (Lipinski definition) is 1. The molecule has 2 aromatic rings. The number of halogens is 7. The van der Waals surface area contributed by atoms with E-state index in [2.05, 4.69) is 6.07 Å². The highest BCUT2D eigenvalue weighted by Gasteiger charge is 2.74. The molecule has 0 aromatic heterocycles. The van der Waals surface area contributed by atoms with Gasteiger partial charge >= 0.3 is 18.0 Å². The lowest BCUT2D eigenvalue weighted by atomic mass is 9.83. The average Bonchev–Trinajstić information content (AvgIpc) is 2.53. The molecule has 0 atom stereocenters. The monoisotopic (exact) mass is 393 g/mol. The van der Waals surface area contributed by atoms with Crippen molar-refractivity contribution in [1.29, 1.82) is 0 Å². The van der Waals surface area contributed by atoms with E-state index in [1.165, 1.54) is 38.3 Å². The molecule has 2 rings (SSSR count). The number of aryl methyl sites for hydroxylation is 2. The van der Waals surface area contributed by atoms with E-state index in [0.717, 1.165) is 5.56 Å². The van der Waals surface area contributed by atoms with Gasteiger partial charge in [0.15, 0.2) is 0 Å². The molecular weight excluding hydrogens is 377 g/mol. The molecule has 0 N–H and O–H groups in total. The first-order valence-corrected chi connectivity index (χ1v) is 7.77. The Balaban J connectivity index is 2.95. The van der Waals surface area contributed by atoms with Crippen LogP contribution in [0.25, 0.3) is 11.1 Å². The Bertz CT molecular complexity index is 791. The molecule has 2 aromatic carbocycles. The summed E-state index contributed by atoms with van der Waals surface area (Å²) in [5.74, 6) is 0. The van der Waals surface area contributed by atoms with Crippen molar-refractivity contribution in [3.8, 4) is 11.1 Å². The van der Waals surface area contributed by atoms with E-state index in [0.29, 0.717) is 6.07 Å². The molecule has 0 spiro atoms. The maximum absolute atomic E-state index is 14.9. The van der Waals surface area contributed by atoms with Crippen LogP contribution in [0.4, 0.5) is 30.7 Å². The number of alkyl halides is 7. The van der Waals surface area contributed by atoms with Crippen molar-refractivity contribution in [2.45, 2.75) is 38.5 Å². The molecule has 1 radical (unpaired) electrons. The van der Waals surface area contributed by atoms with Crippen molar-refractivity contribution in [3.05, 3.63) is 58.7 Å². The number of rotatable bonds is 4. The minimum atomic E-state index is -6.21. The summed E-state index contributed by atoms with van der Waals surface area (Å²) in [6.45, 7) is 2.62. The zero-order valence-electron chi connectivity index (χ0n) is 14.6. The van der Waals surface area contributed by atoms with Crippen molar-refractivity contribution in [3.63, 3.8) is 0 Å². The molecule has 0 heterocycles. The summed E-state index contributed by atoms with van der Waals surface area (Å²) >= 11 is 0. The Morgan fingerprint density at radius 3 is 1.85 bits per heavy atom. The van der Waals surface area contributed by atoms with Crippen LogP contribution in [0, 0.1) is 19.9 Å². The first-order valence-electron chi connectivity index (χ1n) is 7.77. The molecule has 0 unspecified atom stereocenters. The number of methoxy groups -OCH3 is 1. The highest BCUT2D eigenvalue weighted by atomic mass is 19.4. The van der Waals surface area contributed by atoms with Crippen LogP contribution in [0.5, 0.6) is 0 Å². The predicted molar refractivity (Wildman–Crippen MR) is 85.8 cm³/mol. The Morgan fingerprint density at radius 2 is 1.41 bits per heavy atom. The van der Waals surface area contributed by atoms with Crippen LogP contribution in [0.2, 0.25) is 0 Å². The normalized spacial score (nSPS) is 13.1. The minimum Gasteiger partial charge on any atom is -0.380 e. The SMILES string of the molecule is COCc1[c]c(C)cc(C(F)(C(F)(F)F)C(F)(F)F)c1-c1ccc(C)cc1. The van der Waals surface area contributed by atoms with Gasteiger partial charge in [-0.3, -0.25) is 0 Å². The summed E-state index contributed by atoms with van der Waals surface area (Å²) in [5.41, 5.74) is -7.00. The standard InChI is InChI=1S/C19H16F7O/c1-11-4-6-13(7-5-11)16-14(10-27-3)8-12(2)9-15(16)17(20,18(21,22)23)19(24,25)26/h4-7,9H,10H2,1-3H3. The lowest BCUT2D eigenvalue weighted by Crippen LogP contribution is -2.50. The van der Waals surface area contributed by atoms with Gasteiger partial charge in [-0.15, -0.1) is 0 Å². The molecule has 0 aliphatic rings. The number of ether oxygens (including phenoxy) is 1. The van der Waals surface area contributed by atoms with Gasteiger partial charge in [0, 0.05) is 12.7 Å².